The molecule has 2 aromatic carbocycles. The number of ether oxygens (including phenoxy) is 1. The first-order valence-corrected chi connectivity index (χ1v) is 13.7. The fraction of sp³-hybridized carbons (Fsp3) is 0.364. The van der Waals surface area contributed by atoms with Gasteiger partial charge in [0.25, 0.3) is 0 Å². The number of ketones is 1. The van der Waals surface area contributed by atoms with Crippen molar-refractivity contribution in [2.45, 2.75) is 37.0 Å². The summed E-state index contributed by atoms with van der Waals surface area (Å²) in [4.78, 5) is 25.0. The molecular weight excluding hydrogens is 582 g/mol. The van der Waals surface area contributed by atoms with Crippen LogP contribution in [0.5, 0.6) is 11.5 Å². The molecule has 1 aliphatic heterocycles. The molecule has 4 nitrogen and oxygen atoms in total. The summed E-state index contributed by atoms with van der Waals surface area (Å²) in [5.41, 5.74) is 2.96. The maximum atomic E-state index is 12.5. The van der Waals surface area contributed by atoms with E-state index in [9.17, 15) is 9.59 Å². The first kappa shape index (κ1) is 21.5. The fourth-order valence-corrected chi connectivity index (χ4v) is 9.87. The van der Waals surface area contributed by atoms with Crippen LogP contribution in [0.25, 0.3) is 0 Å². The summed E-state index contributed by atoms with van der Waals surface area (Å²) in [6.07, 6.45) is 1.65. The average Bonchev–Trinajstić information content (AvgIpc) is 3.20. The Balaban J connectivity index is 1.49. The van der Waals surface area contributed by atoms with Gasteiger partial charge in [-0.15, -0.1) is 0 Å². The van der Waals surface area contributed by atoms with Gasteiger partial charge in [-0.3, -0.25) is 0 Å². The van der Waals surface area contributed by atoms with Crippen LogP contribution >= 0.6 is 42.8 Å². The van der Waals surface area contributed by atoms with Gasteiger partial charge in [0.15, 0.2) is 0 Å². The molecule has 0 saturated carbocycles. The van der Waals surface area contributed by atoms with Crippen LogP contribution in [0.3, 0.4) is 0 Å². The number of carbonyl (C=O) groups excluding carboxylic acids is 2. The summed E-state index contributed by atoms with van der Waals surface area (Å²) in [7, 11) is 0. The van der Waals surface area contributed by atoms with Gasteiger partial charge >= 0.3 is 189 Å². The summed E-state index contributed by atoms with van der Waals surface area (Å²) in [5.74, 6) is 1.71. The monoisotopic (exact) mass is 606 g/mol. The molecule has 0 bridgehead atoms. The second-order valence-electron chi connectivity index (χ2n) is 7.21. The molecule has 1 fully saturated rings. The predicted molar refractivity (Wildman–Crippen MR) is 128 cm³/mol. The predicted octanol–water partition coefficient (Wildman–Crippen LogP) is 5.88. The van der Waals surface area contributed by atoms with Gasteiger partial charge in [-0.1, -0.05) is 0 Å². The van der Waals surface area contributed by atoms with Crippen LogP contribution in [0, 0.1) is 13.8 Å². The average molecular weight is 606 g/mol. The zero-order valence-corrected chi connectivity index (χ0v) is 20.6. The third-order valence-corrected chi connectivity index (χ3v) is 12.7. The van der Waals surface area contributed by atoms with Crippen molar-refractivity contribution in [1.82, 2.24) is 0 Å². The first-order chi connectivity index (χ1) is 13.3. The van der Waals surface area contributed by atoms with E-state index in [4.69, 9.17) is 7.80 Å². The van der Waals surface area contributed by atoms with E-state index in [2.05, 4.69) is 12.1 Å². The van der Waals surface area contributed by atoms with E-state index in [1.54, 1.807) is 24.3 Å². The topological polar surface area (TPSA) is 52.6 Å². The standard InChI is InChI=1S/C22H24I2O4/c1-15-5-6-16(2)20(13-15)27-12-4-11-22(3)21(26)24(22)14-19(25)17-7-9-18(28-23)10-8-17/h5-10,13H,4,11-12,14H2,1-3H3. The van der Waals surface area contributed by atoms with Crippen LogP contribution in [-0.4, -0.2) is 24.0 Å². The van der Waals surface area contributed by atoms with Gasteiger partial charge in [-0.05, 0) is 0 Å². The zero-order chi connectivity index (χ0) is 20.3. The molecule has 0 amide bonds. The summed E-state index contributed by atoms with van der Waals surface area (Å²) >= 11 is -0.0879. The molecule has 1 atom stereocenters. The summed E-state index contributed by atoms with van der Waals surface area (Å²) in [6.45, 7) is 6.72. The van der Waals surface area contributed by atoms with E-state index in [1.165, 1.54) is 5.56 Å². The summed E-state index contributed by atoms with van der Waals surface area (Å²) in [5, 5.41) is 0. The van der Waals surface area contributed by atoms with Gasteiger partial charge in [0.1, 0.15) is 0 Å². The molecule has 1 heterocycles. The molecule has 1 saturated heterocycles. The molecule has 150 valence electrons. The van der Waals surface area contributed by atoms with Crippen LogP contribution < -0.4 is 7.80 Å². The molecule has 0 aliphatic carbocycles. The molecule has 1 unspecified atom stereocenters. The van der Waals surface area contributed by atoms with E-state index in [-0.39, 0.29) is 9.20 Å². The molecule has 0 aromatic heterocycles. The Morgan fingerprint density at radius 3 is 2.54 bits per heavy atom. The molecular formula is C22H24I2O4. The quantitative estimate of drug-likeness (QED) is 0.118. The molecule has 2 aromatic rings. The summed E-state index contributed by atoms with van der Waals surface area (Å²) < 4.78 is 11.5. The second-order valence-corrected chi connectivity index (χ2v) is 13.8. The number of rotatable bonds is 9. The Hall–Kier alpha value is -1.16. The number of halogens is 2. The Labute approximate surface area is 187 Å². The van der Waals surface area contributed by atoms with Crippen LogP contribution in [0.2, 0.25) is 0 Å². The third-order valence-electron chi connectivity index (χ3n) is 5.00. The normalized spacial score (nSPS) is 19.4. The van der Waals surface area contributed by atoms with Crippen molar-refractivity contribution in [3.63, 3.8) is 0 Å². The Kier molecular flexibility index (Phi) is 7.01. The third kappa shape index (κ3) is 4.87. The van der Waals surface area contributed by atoms with Crippen LogP contribution in [0.1, 0.15) is 41.3 Å². The van der Waals surface area contributed by atoms with Gasteiger partial charge in [0.05, 0.1) is 0 Å². The van der Waals surface area contributed by atoms with Gasteiger partial charge in [0.2, 0.25) is 0 Å². The van der Waals surface area contributed by atoms with E-state index in [1.807, 2.05) is 49.8 Å². The number of aryl methyl sites for hydroxylation is 2. The van der Waals surface area contributed by atoms with Crippen molar-refractivity contribution in [3.05, 3.63) is 59.2 Å². The van der Waals surface area contributed by atoms with Gasteiger partial charge in [-0.25, -0.2) is 0 Å². The van der Waals surface area contributed by atoms with Crippen LogP contribution in [-0.2, 0) is 4.79 Å². The SMILES string of the molecule is Cc1ccc(C)c(OCCCC2(C)C(=O)I2CC(=O)c2ccc(OI)cc2)c1. The van der Waals surface area contributed by atoms with E-state index >= 15 is 0 Å². The number of hydrogen-bond donors (Lipinski definition) is 0. The summed E-state index contributed by atoms with van der Waals surface area (Å²) in [6, 6.07) is 13.3. The van der Waals surface area contributed by atoms with E-state index < -0.39 is 19.8 Å². The number of carbonyl (C=O) groups is 2. The zero-order valence-electron chi connectivity index (χ0n) is 16.3. The van der Waals surface area contributed by atoms with Crippen molar-refractivity contribution >= 4 is 52.4 Å². The molecule has 6 heteroatoms. The first-order valence-electron chi connectivity index (χ1n) is 9.17. The van der Waals surface area contributed by atoms with Gasteiger partial charge < -0.3 is 0 Å². The number of hydrogen-bond acceptors (Lipinski definition) is 4. The van der Waals surface area contributed by atoms with E-state index in [0.717, 1.165) is 24.2 Å². The molecule has 3 rings (SSSR count). The minimum absolute atomic E-state index is 0.0777. The van der Waals surface area contributed by atoms with Crippen LogP contribution in [0.4, 0.5) is 0 Å². The van der Waals surface area contributed by atoms with E-state index in [0.29, 0.717) is 26.1 Å². The Morgan fingerprint density at radius 2 is 1.86 bits per heavy atom. The van der Waals surface area contributed by atoms with Gasteiger partial charge in [0, 0.05) is 0 Å². The second kappa shape index (κ2) is 9.11. The fourth-order valence-electron chi connectivity index (χ4n) is 3.09. The van der Waals surface area contributed by atoms with Crippen molar-refractivity contribution in [2.75, 3.05) is 11.0 Å². The number of alkyl halides is 2. The molecule has 1 aliphatic rings. The molecule has 0 N–H and O–H groups in total. The maximum absolute atomic E-state index is 12.5. The molecule has 28 heavy (non-hydrogen) atoms. The van der Waals surface area contributed by atoms with Crippen LogP contribution in [0.15, 0.2) is 42.5 Å². The van der Waals surface area contributed by atoms with Crippen molar-refractivity contribution in [1.29, 1.82) is 0 Å². The molecule has 0 radical (unpaired) electrons. The van der Waals surface area contributed by atoms with Crippen molar-refractivity contribution < 1.29 is 17.4 Å². The Bertz CT molecular complexity index is 879. The number of Topliss-reactive ketones (excluding diaryl/α,β-unsaturated/α-hetero) is 1. The van der Waals surface area contributed by atoms with Crippen molar-refractivity contribution in [2.24, 2.45) is 0 Å². The van der Waals surface area contributed by atoms with Gasteiger partial charge in [-0.2, -0.15) is 0 Å². The minimum atomic E-state index is -1.90. The molecule has 0 spiro atoms. The Morgan fingerprint density at radius 1 is 1.14 bits per heavy atom. The number of benzene rings is 2. The van der Waals surface area contributed by atoms with Crippen molar-refractivity contribution in [3.8, 4) is 11.5 Å².